The average molecular weight is 203 g/mol. The third-order valence-corrected chi connectivity index (χ3v) is 2.00. The van der Waals surface area contributed by atoms with Gasteiger partial charge in [0.05, 0.1) is 25.5 Å². The largest absolute Gasteiger partial charge is 0.495 e. The van der Waals surface area contributed by atoms with Crippen LogP contribution in [0, 0.1) is 6.92 Å². The summed E-state index contributed by atoms with van der Waals surface area (Å²) >= 11 is 0. The van der Waals surface area contributed by atoms with E-state index in [2.05, 4.69) is 4.98 Å². The van der Waals surface area contributed by atoms with Crippen LogP contribution in [-0.4, -0.2) is 17.2 Å². The molecule has 0 bridgehead atoms. The van der Waals surface area contributed by atoms with Crippen molar-refractivity contribution >= 4 is 0 Å². The Morgan fingerprint density at radius 2 is 2.21 bits per heavy atom. The maximum atomic E-state index is 12.6. The quantitative estimate of drug-likeness (QED) is 0.814. The maximum Gasteiger partial charge on any atom is 0.267 e. The molecule has 14 heavy (non-hydrogen) atoms. The Bertz CT molecular complexity index is 329. The van der Waals surface area contributed by atoms with Gasteiger partial charge in [-0.3, -0.25) is 4.98 Å². The van der Waals surface area contributed by atoms with E-state index in [0.717, 1.165) is 0 Å². The lowest BCUT2D eigenvalue weighted by Crippen LogP contribution is -2.03. The van der Waals surface area contributed by atoms with E-state index >= 15 is 0 Å². The van der Waals surface area contributed by atoms with Gasteiger partial charge in [0.15, 0.2) is 0 Å². The zero-order valence-corrected chi connectivity index (χ0v) is 7.92. The highest BCUT2D eigenvalue weighted by molar-refractivity contribution is 5.41. The van der Waals surface area contributed by atoms with Crippen molar-refractivity contribution in [2.45, 2.75) is 20.0 Å². The molecular weight excluding hydrogens is 192 g/mol. The molecule has 1 rings (SSSR count). The minimum atomic E-state index is -2.67. The zero-order valence-electron chi connectivity index (χ0n) is 7.92. The molecule has 3 nitrogen and oxygen atoms in total. The summed E-state index contributed by atoms with van der Waals surface area (Å²) in [6.07, 6.45) is -1.44. The number of nitrogens with zero attached hydrogens (tertiary/aromatic N) is 1. The molecule has 0 saturated carbocycles. The van der Waals surface area contributed by atoms with E-state index in [1.54, 1.807) is 6.92 Å². The molecule has 0 unspecified atom stereocenters. The number of hydrogen-bond donors (Lipinski definition) is 1. The van der Waals surface area contributed by atoms with Crippen LogP contribution >= 0.6 is 0 Å². The number of rotatable bonds is 3. The van der Waals surface area contributed by atoms with Gasteiger partial charge in [0, 0.05) is 11.3 Å². The molecule has 5 heteroatoms. The number of pyridine rings is 1. The summed E-state index contributed by atoms with van der Waals surface area (Å²) in [4.78, 5) is 3.85. The highest BCUT2D eigenvalue weighted by Crippen LogP contribution is 2.32. The highest BCUT2D eigenvalue weighted by Gasteiger charge is 2.20. The summed E-state index contributed by atoms with van der Waals surface area (Å²) in [7, 11) is 1.29. The Kier molecular flexibility index (Phi) is 3.35. The van der Waals surface area contributed by atoms with Gasteiger partial charge >= 0.3 is 0 Å². The minimum Gasteiger partial charge on any atom is -0.495 e. The number of hydrogen-bond acceptors (Lipinski definition) is 3. The van der Waals surface area contributed by atoms with Crippen molar-refractivity contribution in [1.82, 2.24) is 4.98 Å². The van der Waals surface area contributed by atoms with Crippen LogP contribution < -0.4 is 4.74 Å². The first kappa shape index (κ1) is 10.8. The van der Waals surface area contributed by atoms with Crippen LogP contribution in [0.1, 0.15) is 23.2 Å². The van der Waals surface area contributed by atoms with Crippen molar-refractivity contribution in [2.75, 3.05) is 7.11 Å². The molecule has 0 fully saturated rings. The van der Waals surface area contributed by atoms with Crippen LogP contribution in [0.3, 0.4) is 0 Å². The first-order valence-corrected chi connectivity index (χ1v) is 4.03. The Labute approximate surface area is 80.3 Å². The lowest BCUT2D eigenvalue weighted by atomic mass is 10.1. The number of methoxy groups -OCH3 is 1. The van der Waals surface area contributed by atoms with Crippen LogP contribution in [0.25, 0.3) is 0 Å². The molecule has 1 aromatic rings. The van der Waals surface area contributed by atoms with Gasteiger partial charge in [-0.15, -0.1) is 0 Å². The standard InChI is InChI=1S/C9H11F2NO2/c1-5-6(4-13)8(9(10)11)7(14-2)3-12-5/h3,9,13H,4H2,1-2H3. The topological polar surface area (TPSA) is 42.4 Å². The molecule has 1 N–H and O–H groups in total. The monoisotopic (exact) mass is 203 g/mol. The van der Waals surface area contributed by atoms with Gasteiger partial charge in [0.2, 0.25) is 0 Å². The van der Waals surface area contributed by atoms with Crippen LogP contribution in [0.5, 0.6) is 5.75 Å². The highest BCUT2D eigenvalue weighted by atomic mass is 19.3. The van der Waals surface area contributed by atoms with E-state index in [4.69, 9.17) is 9.84 Å². The summed E-state index contributed by atoms with van der Waals surface area (Å²) < 4.78 is 30.0. The number of aliphatic hydroxyl groups excluding tert-OH is 1. The summed E-state index contributed by atoms with van der Waals surface area (Å²) in [5, 5.41) is 8.94. The van der Waals surface area contributed by atoms with Crippen molar-refractivity contribution in [1.29, 1.82) is 0 Å². The van der Waals surface area contributed by atoms with Gasteiger partial charge in [0.25, 0.3) is 6.43 Å². The number of aromatic nitrogens is 1. The van der Waals surface area contributed by atoms with E-state index in [-0.39, 0.29) is 16.9 Å². The second kappa shape index (κ2) is 4.32. The average Bonchev–Trinajstić information content (AvgIpc) is 2.17. The smallest absolute Gasteiger partial charge is 0.267 e. The molecule has 0 aliphatic heterocycles. The van der Waals surface area contributed by atoms with Crippen molar-refractivity contribution in [3.8, 4) is 5.75 Å². The molecule has 0 saturated heterocycles. The fraction of sp³-hybridized carbons (Fsp3) is 0.444. The van der Waals surface area contributed by atoms with Crippen molar-refractivity contribution in [3.05, 3.63) is 23.0 Å². The van der Waals surface area contributed by atoms with Crippen LogP contribution in [0.2, 0.25) is 0 Å². The van der Waals surface area contributed by atoms with E-state index < -0.39 is 13.0 Å². The number of halogens is 2. The van der Waals surface area contributed by atoms with Gasteiger partial charge in [-0.25, -0.2) is 8.78 Å². The Balaban J connectivity index is 3.36. The molecule has 0 aliphatic rings. The Morgan fingerprint density at radius 3 is 2.64 bits per heavy atom. The lowest BCUT2D eigenvalue weighted by Gasteiger charge is -2.13. The SMILES string of the molecule is COc1cnc(C)c(CO)c1C(F)F. The predicted octanol–water partition coefficient (Wildman–Crippen LogP) is 1.83. The number of aliphatic hydroxyl groups is 1. The summed E-state index contributed by atoms with van der Waals surface area (Å²) in [6.45, 7) is 1.10. The van der Waals surface area contributed by atoms with Crippen molar-refractivity contribution in [3.63, 3.8) is 0 Å². The first-order chi connectivity index (χ1) is 6.61. The summed E-state index contributed by atoms with van der Waals surface area (Å²) in [6, 6.07) is 0. The summed E-state index contributed by atoms with van der Waals surface area (Å²) in [5.41, 5.74) is 0.255. The van der Waals surface area contributed by atoms with Gasteiger partial charge in [0.1, 0.15) is 5.75 Å². The molecule has 0 aromatic carbocycles. The van der Waals surface area contributed by atoms with Crippen LogP contribution in [-0.2, 0) is 6.61 Å². The number of ether oxygens (including phenoxy) is 1. The second-order valence-corrected chi connectivity index (χ2v) is 2.76. The van der Waals surface area contributed by atoms with E-state index in [1.807, 2.05) is 0 Å². The Hall–Kier alpha value is -1.23. The van der Waals surface area contributed by atoms with Crippen molar-refractivity contribution in [2.24, 2.45) is 0 Å². The van der Waals surface area contributed by atoms with Crippen LogP contribution in [0.15, 0.2) is 6.20 Å². The third-order valence-electron chi connectivity index (χ3n) is 2.00. The van der Waals surface area contributed by atoms with Gasteiger partial charge in [-0.05, 0) is 6.92 Å². The van der Waals surface area contributed by atoms with Crippen molar-refractivity contribution < 1.29 is 18.6 Å². The molecule has 0 spiro atoms. The van der Waals surface area contributed by atoms with E-state index in [1.165, 1.54) is 13.3 Å². The van der Waals surface area contributed by atoms with Gasteiger partial charge < -0.3 is 9.84 Å². The minimum absolute atomic E-state index is 0.00894. The first-order valence-electron chi connectivity index (χ1n) is 4.03. The molecular formula is C9H11F2NO2. The van der Waals surface area contributed by atoms with Gasteiger partial charge in [-0.2, -0.15) is 0 Å². The molecule has 0 atom stereocenters. The molecule has 1 aromatic heterocycles. The molecule has 0 amide bonds. The molecule has 0 radical (unpaired) electrons. The fourth-order valence-corrected chi connectivity index (χ4v) is 1.25. The third kappa shape index (κ3) is 1.82. The molecule has 1 heterocycles. The zero-order chi connectivity index (χ0) is 10.7. The predicted molar refractivity (Wildman–Crippen MR) is 46.4 cm³/mol. The molecule has 78 valence electrons. The summed E-state index contributed by atoms with van der Waals surface area (Å²) in [5.74, 6) is 0.00894. The maximum absolute atomic E-state index is 12.6. The second-order valence-electron chi connectivity index (χ2n) is 2.76. The van der Waals surface area contributed by atoms with Crippen LogP contribution in [0.4, 0.5) is 8.78 Å². The number of aryl methyl sites for hydroxylation is 1. The lowest BCUT2D eigenvalue weighted by molar-refractivity contribution is 0.142. The van der Waals surface area contributed by atoms with Gasteiger partial charge in [-0.1, -0.05) is 0 Å². The van der Waals surface area contributed by atoms with E-state index in [0.29, 0.717) is 5.69 Å². The Morgan fingerprint density at radius 1 is 1.57 bits per heavy atom. The fourth-order valence-electron chi connectivity index (χ4n) is 1.25. The number of alkyl halides is 2. The van der Waals surface area contributed by atoms with E-state index in [9.17, 15) is 8.78 Å². The normalized spacial score (nSPS) is 10.7. The molecule has 0 aliphatic carbocycles.